The summed E-state index contributed by atoms with van der Waals surface area (Å²) in [5.74, 6) is 0. The van der Waals surface area contributed by atoms with Crippen LogP contribution in [0.5, 0.6) is 0 Å². The molecular formula is C21H36Na2O21S2. The van der Waals surface area contributed by atoms with Crippen molar-refractivity contribution in [3.63, 3.8) is 0 Å². The van der Waals surface area contributed by atoms with Gasteiger partial charge in [-0.2, -0.15) is 0 Å². The number of ether oxygens (including phenoxy) is 6. The molecule has 3 fully saturated rings. The molecule has 0 aromatic carbocycles. The van der Waals surface area contributed by atoms with Crippen LogP contribution in [-0.4, -0.2) is 174 Å². The van der Waals surface area contributed by atoms with Crippen molar-refractivity contribution in [1.29, 1.82) is 0 Å². The van der Waals surface area contributed by atoms with Crippen LogP contribution in [0.25, 0.3) is 0 Å². The molecule has 3 saturated heterocycles. The van der Waals surface area contributed by atoms with E-state index in [1.54, 1.807) is 6.92 Å². The molecule has 0 amide bonds. The van der Waals surface area contributed by atoms with Crippen molar-refractivity contribution >= 4 is 20.8 Å². The Hall–Kier alpha value is 1.22. The molecule has 46 heavy (non-hydrogen) atoms. The Morgan fingerprint density at radius 1 is 0.674 bits per heavy atom. The third-order valence-corrected chi connectivity index (χ3v) is 7.80. The van der Waals surface area contributed by atoms with Gasteiger partial charge in [0.1, 0.15) is 67.1 Å². The van der Waals surface area contributed by atoms with Crippen LogP contribution in [0.4, 0.5) is 0 Å². The molecule has 7 N–H and O–H groups in total. The van der Waals surface area contributed by atoms with Gasteiger partial charge in [0.15, 0.2) is 18.9 Å². The summed E-state index contributed by atoms with van der Waals surface area (Å²) in [4.78, 5) is 0. The van der Waals surface area contributed by atoms with Crippen LogP contribution in [0, 0.1) is 0 Å². The Balaban J connectivity index is 0.00000529. The molecule has 3 rings (SSSR count). The number of hydrogen-bond acceptors (Lipinski definition) is 21. The van der Waals surface area contributed by atoms with Crippen molar-refractivity contribution in [1.82, 2.24) is 0 Å². The fraction of sp³-hybridized carbons (Fsp3) is 1.00. The van der Waals surface area contributed by atoms with E-state index >= 15 is 0 Å². The van der Waals surface area contributed by atoms with Gasteiger partial charge in [-0.15, -0.1) is 0 Å². The predicted octanol–water partition coefficient (Wildman–Crippen LogP) is -12.1. The Morgan fingerprint density at radius 3 is 1.76 bits per heavy atom. The van der Waals surface area contributed by atoms with Crippen molar-refractivity contribution in [2.75, 3.05) is 19.8 Å². The van der Waals surface area contributed by atoms with Gasteiger partial charge >= 0.3 is 59.1 Å². The summed E-state index contributed by atoms with van der Waals surface area (Å²) in [7, 11) is -10.9. The Bertz CT molecular complexity index is 1130. The fourth-order valence-electron chi connectivity index (χ4n) is 4.72. The fourth-order valence-corrected chi connectivity index (χ4v) is 5.52. The molecular weight excluding hydrogens is 698 g/mol. The Morgan fingerprint density at radius 2 is 1.22 bits per heavy atom. The largest absolute Gasteiger partial charge is 1.00 e. The first-order chi connectivity index (χ1) is 20.4. The summed E-state index contributed by atoms with van der Waals surface area (Å²) in [5.41, 5.74) is 0. The second kappa shape index (κ2) is 19.2. The SMILES string of the molecule is CCCO[C@@H]1O[C@H](COS(=O)(=O)[O-])[C@@H](O[C@@H]2O[C@@H](C)[C@@H](O)[C@@H](O)[C@@H]2O)[C@H](O[C@@H]2O[C@H](CO)[C@H](O)[C@H](OS(=O)(=O)[O-])[C@H]2O)[C@H]1O.[Na+].[Na+]. The van der Waals surface area contributed by atoms with Gasteiger partial charge in [0.25, 0.3) is 0 Å². The van der Waals surface area contributed by atoms with Crippen LogP contribution in [0.15, 0.2) is 0 Å². The first kappa shape index (κ1) is 45.2. The van der Waals surface area contributed by atoms with Gasteiger partial charge in [0, 0.05) is 6.61 Å². The first-order valence-electron chi connectivity index (χ1n) is 13.2. The van der Waals surface area contributed by atoms with E-state index in [4.69, 9.17) is 28.4 Å². The minimum Gasteiger partial charge on any atom is -0.726 e. The quantitative estimate of drug-likeness (QED) is 0.0524. The average Bonchev–Trinajstić information content (AvgIpc) is 2.93. The van der Waals surface area contributed by atoms with Crippen molar-refractivity contribution in [3.8, 4) is 0 Å². The van der Waals surface area contributed by atoms with Gasteiger partial charge in [0.2, 0.25) is 20.8 Å². The van der Waals surface area contributed by atoms with E-state index in [2.05, 4.69) is 8.37 Å². The van der Waals surface area contributed by atoms with Crippen LogP contribution in [-0.2, 0) is 57.6 Å². The summed E-state index contributed by atoms with van der Waals surface area (Å²) in [6.07, 6.45) is -27.7. The molecule has 0 bridgehead atoms. The average molecular weight is 735 g/mol. The minimum atomic E-state index is -5.56. The van der Waals surface area contributed by atoms with E-state index in [9.17, 15) is 61.7 Å². The Kier molecular flexibility index (Phi) is 18.9. The molecule has 0 radical (unpaired) electrons. The predicted molar refractivity (Wildman–Crippen MR) is 131 cm³/mol. The summed E-state index contributed by atoms with van der Waals surface area (Å²) in [6, 6.07) is 0. The molecule has 0 aromatic heterocycles. The number of aliphatic hydroxyl groups is 7. The summed E-state index contributed by atoms with van der Waals surface area (Å²) < 4.78 is 109. The molecule has 0 spiro atoms. The van der Waals surface area contributed by atoms with E-state index < -0.39 is 126 Å². The zero-order chi connectivity index (χ0) is 33.1. The van der Waals surface area contributed by atoms with Crippen LogP contribution in [0.3, 0.4) is 0 Å². The topological polar surface area (TPSA) is 330 Å². The van der Waals surface area contributed by atoms with Crippen molar-refractivity contribution in [2.24, 2.45) is 0 Å². The van der Waals surface area contributed by atoms with Crippen LogP contribution < -0.4 is 59.1 Å². The van der Waals surface area contributed by atoms with Gasteiger partial charge in [-0.1, -0.05) is 6.92 Å². The third kappa shape index (κ3) is 11.9. The van der Waals surface area contributed by atoms with E-state index in [1.165, 1.54) is 6.92 Å². The molecule has 3 aliphatic heterocycles. The first-order valence-corrected chi connectivity index (χ1v) is 15.9. The molecule has 25 heteroatoms. The van der Waals surface area contributed by atoms with Gasteiger partial charge in [-0.25, -0.2) is 16.8 Å². The molecule has 3 heterocycles. The molecule has 3 aliphatic rings. The van der Waals surface area contributed by atoms with Gasteiger partial charge in [-0.3, -0.25) is 8.37 Å². The summed E-state index contributed by atoms with van der Waals surface area (Å²) >= 11 is 0. The van der Waals surface area contributed by atoms with E-state index in [-0.39, 0.29) is 65.7 Å². The number of hydrogen-bond donors (Lipinski definition) is 7. The maximum Gasteiger partial charge on any atom is 1.00 e. The van der Waals surface area contributed by atoms with Gasteiger partial charge in [0.05, 0.1) is 19.3 Å². The zero-order valence-electron chi connectivity index (χ0n) is 25.2. The molecule has 0 aromatic rings. The second-order valence-electron chi connectivity index (χ2n) is 10.2. The normalized spacial score (nSPS) is 42.1. The molecule has 260 valence electrons. The second-order valence-corrected chi connectivity index (χ2v) is 12.2. The van der Waals surface area contributed by atoms with Crippen LogP contribution >= 0.6 is 0 Å². The van der Waals surface area contributed by atoms with E-state index in [0.717, 1.165) is 0 Å². The molecule has 15 atom stereocenters. The minimum absolute atomic E-state index is 0. The smallest absolute Gasteiger partial charge is 0.726 e. The summed E-state index contributed by atoms with van der Waals surface area (Å²) in [6.45, 7) is 0.775. The zero-order valence-corrected chi connectivity index (χ0v) is 30.8. The molecule has 0 aliphatic carbocycles. The van der Waals surface area contributed by atoms with Gasteiger partial charge < -0.3 is 73.3 Å². The van der Waals surface area contributed by atoms with Crippen molar-refractivity contribution in [3.05, 3.63) is 0 Å². The van der Waals surface area contributed by atoms with Crippen LogP contribution in [0.1, 0.15) is 20.3 Å². The maximum atomic E-state index is 11.3. The molecule has 0 unspecified atom stereocenters. The Labute approximate surface area is 308 Å². The summed E-state index contributed by atoms with van der Waals surface area (Å²) in [5, 5.41) is 72.6. The molecule has 0 saturated carbocycles. The van der Waals surface area contributed by atoms with Crippen molar-refractivity contribution < 1.29 is 158 Å². The maximum absolute atomic E-state index is 11.3. The third-order valence-electron chi connectivity index (χ3n) is 6.92. The van der Waals surface area contributed by atoms with Crippen LogP contribution in [0.2, 0.25) is 0 Å². The number of rotatable bonds is 13. The van der Waals surface area contributed by atoms with E-state index in [0.29, 0.717) is 6.42 Å². The van der Waals surface area contributed by atoms with Gasteiger partial charge in [-0.05, 0) is 13.3 Å². The monoisotopic (exact) mass is 734 g/mol. The standard InChI is InChI=1S/C21H38O21S2.2Na/c1-3-4-35-19-15(28)18(41-21-14(27)17(42-44(32,33)34)11(24)8(5-22)38-21)16(9(39-19)6-36-43(29,30)31)40-20-13(26)12(25)10(23)7(2)37-20;;/h7-28H,3-6H2,1-2H3,(H,29,30,31)(H,32,33,34);;/q;2*+1/p-2/t7-,8+,9+,10+,11-,12+,13-,14+,15+,16+,17-,18+,19+,20-,21-;;/m0../s1. The van der Waals surface area contributed by atoms with Crippen molar-refractivity contribution in [2.45, 2.75) is 112 Å². The van der Waals surface area contributed by atoms with E-state index in [1.807, 2.05) is 0 Å². The number of aliphatic hydroxyl groups excluding tert-OH is 7. The molecule has 21 nitrogen and oxygen atoms in total.